The number of amides is 2. The van der Waals surface area contributed by atoms with Gasteiger partial charge in [-0.1, -0.05) is 0 Å². The number of hydrogen-bond acceptors (Lipinski definition) is 11. The maximum Gasteiger partial charge on any atom is 0.276 e. The lowest BCUT2D eigenvalue weighted by atomic mass is 9.96. The van der Waals surface area contributed by atoms with Gasteiger partial charge in [-0.25, -0.2) is 15.4 Å². The van der Waals surface area contributed by atoms with Crippen molar-refractivity contribution in [3.05, 3.63) is 65.7 Å². The van der Waals surface area contributed by atoms with Gasteiger partial charge in [-0.3, -0.25) is 9.59 Å². The Morgan fingerprint density at radius 2 is 1.62 bits per heavy atom. The molecule has 0 saturated carbocycles. The number of aliphatic hydroxyl groups is 4. The number of imidazole rings is 1. The number of aromatic hydroxyl groups is 2. The van der Waals surface area contributed by atoms with Crippen molar-refractivity contribution < 1.29 is 45.0 Å². The molecule has 2 aliphatic heterocycles. The van der Waals surface area contributed by atoms with Crippen molar-refractivity contribution in [1.82, 2.24) is 30.0 Å². The summed E-state index contributed by atoms with van der Waals surface area (Å²) in [6.45, 7) is -0.618. The number of carbonyl (C=O) groups excluding carboxylic acids is 2. The number of aromatic nitrogens is 4. The molecule has 3 aromatic heterocycles. The summed E-state index contributed by atoms with van der Waals surface area (Å²) in [6, 6.07) is 8.89. The topological polar surface area (TPSA) is 229 Å². The number of ether oxygens (including phenoxy) is 1. The molecule has 9 N–H and O–H groups in total. The van der Waals surface area contributed by atoms with Crippen molar-refractivity contribution in [2.24, 2.45) is 0 Å². The number of rotatable bonds is 5. The fourth-order valence-corrected chi connectivity index (χ4v) is 6.66. The van der Waals surface area contributed by atoms with Gasteiger partial charge in [0.05, 0.1) is 58.4 Å². The van der Waals surface area contributed by atoms with E-state index in [1.165, 1.54) is 35.2 Å². The molecule has 5 atom stereocenters. The number of imide groups is 1. The molecule has 0 radical (unpaired) electrons. The van der Waals surface area contributed by atoms with Crippen LogP contribution in [-0.4, -0.2) is 98.0 Å². The lowest BCUT2D eigenvalue weighted by molar-refractivity contribution is -0.249. The number of hydrogen-bond donors (Lipinski definition) is 9. The third-order valence-electron chi connectivity index (χ3n) is 8.69. The van der Waals surface area contributed by atoms with Crippen LogP contribution in [0.2, 0.25) is 0 Å². The SMILES string of the molecule is O=C1c2c(c3c4ccc(O)cc4n([C@@H]4O[C@H](CO)[C@@H](O)[C@H](O)[C@H]4O)c3c3[nH]c4cc(O)ccc4c23)C(=O)N1NCc1c[nH]cn1. The Bertz CT molecular complexity index is 2190. The second kappa shape index (κ2) is 9.73. The summed E-state index contributed by atoms with van der Waals surface area (Å²) in [7, 11) is 0. The van der Waals surface area contributed by atoms with E-state index in [0.29, 0.717) is 38.3 Å². The first-order valence-electron chi connectivity index (χ1n) is 14.1. The number of carbonyl (C=O) groups is 2. The third-order valence-corrected chi connectivity index (χ3v) is 8.69. The van der Waals surface area contributed by atoms with Gasteiger partial charge < -0.3 is 49.9 Å². The Morgan fingerprint density at radius 3 is 2.33 bits per heavy atom. The monoisotopic (exact) mass is 614 g/mol. The summed E-state index contributed by atoms with van der Waals surface area (Å²) in [6.07, 6.45) is -4.66. The Hall–Kier alpha value is -5.03. The van der Waals surface area contributed by atoms with Crippen LogP contribution in [0.5, 0.6) is 11.5 Å². The van der Waals surface area contributed by atoms with Gasteiger partial charge in [0.2, 0.25) is 0 Å². The van der Waals surface area contributed by atoms with Crippen LogP contribution < -0.4 is 5.43 Å². The highest BCUT2D eigenvalue weighted by molar-refractivity contribution is 6.39. The van der Waals surface area contributed by atoms with E-state index in [4.69, 9.17) is 4.74 Å². The number of H-pyrrole nitrogens is 2. The van der Waals surface area contributed by atoms with Gasteiger partial charge in [-0.2, -0.15) is 0 Å². The summed E-state index contributed by atoms with van der Waals surface area (Å²) in [5.41, 5.74) is 4.89. The normalized spacial score (nSPS) is 23.7. The number of benzene rings is 3. The van der Waals surface area contributed by atoms with E-state index in [0.717, 1.165) is 5.01 Å². The van der Waals surface area contributed by atoms with Crippen LogP contribution in [-0.2, 0) is 11.3 Å². The summed E-state index contributed by atoms with van der Waals surface area (Å²) >= 11 is 0. The van der Waals surface area contributed by atoms with Crippen molar-refractivity contribution >= 4 is 55.4 Å². The molecule has 5 heterocycles. The van der Waals surface area contributed by atoms with Crippen LogP contribution in [0, 0.1) is 0 Å². The zero-order valence-electron chi connectivity index (χ0n) is 23.2. The minimum atomic E-state index is -1.72. The average molecular weight is 615 g/mol. The van der Waals surface area contributed by atoms with Crippen LogP contribution in [0.25, 0.3) is 43.6 Å². The van der Waals surface area contributed by atoms with Crippen molar-refractivity contribution in [2.75, 3.05) is 6.61 Å². The fourth-order valence-electron chi connectivity index (χ4n) is 6.66. The number of aliphatic hydroxyl groups excluding tert-OH is 4. The largest absolute Gasteiger partial charge is 0.508 e. The maximum absolute atomic E-state index is 14.2. The number of phenolic OH excluding ortho intramolecular Hbond substituents is 2. The van der Waals surface area contributed by atoms with E-state index in [2.05, 4.69) is 20.4 Å². The molecule has 2 aliphatic rings. The quantitative estimate of drug-likeness (QED) is 0.124. The van der Waals surface area contributed by atoms with Gasteiger partial charge in [0, 0.05) is 39.9 Å². The van der Waals surface area contributed by atoms with E-state index in [1.54, 1.807) is 18.3 Å². The lowest BCUT2D eigenvalue weighted by Gasteiger charge is -2.41. The van der Waals surface area contributed by atoms with Crippen LogP contribution in [0.3, 0.4) is 0 Å². The minimum absolute atomic E-state index is 0.0463. The number of hydrazine groups is 1. The van der Waals surface area contributed by atoms with Gasteiger partial charge in [0.25, 0.3) is 11.8 Å². The average Bonchev–Trinajstić information content (AvgIpc) is 3.79. The Kier molecular flexibility index (Phi) is 5.95. The molecule has 3 aromatic carbocycles. The standard InChI is InChI=1S/C30H26N6O9/c37-9-18-25(40)26(41)27(42)30(45-18)35-17-6-13(39)2-4-15(17)20-22-21(28(43)36(29(22)44)33-8-11-7-31-10-32-11)19-14-3-1-12(38)5-16(14)34-23(19)24(20)35/h1-7,10,18,25-27,30,33-34,37-42H,8-9H2,(H,31,32)/t18-,25-,26+,27-,30-/m1/s1. The molecule has 8 rings (SSSR count). The molecule has 0 unspecified atom stereocenters. The number of fused-ring (bicyclic) bond motifs is 10. The van der Waals surface area contributed by atoms with Crippen molar-refractivity contribution in [2.45, 2.75) is 37.2 Å². The number of nitrogens with zero attached hydrogens (tertiary/aromatic N) is 3. The first-order valence-corrected chi connectivity index (χ1v) is 14.1. The zero-order chi connectivity index (χ0) is 31.3. The molecule has 15 heteroatoms. The summed E-state index contributed by atoms with van der Waals surface area (Å²) in [5.74, 6) is -1.49. The second-order valence-corrected chi connectivity index (χ2v) is 11.2. The van der Waals surface area contributed by atoms with E-state index in [9.17, 15) is 40.2 Å². The smallest absolute Gasteiger partial charge is 0.276 e. The Balaban J connectivity index is 1.49. The first kappa shape index (κ1) is 27.5. The number of nitrogens with one attached hydrogen (secondary N) is 3. The molecule has 45 heavy (non-hydrogen) atoms. The molecular weight excluding hydrogens is 588 g/mol. The third kappa shape index (κ3) is 3.76. The highest BCUT2D eigenvalue weighted by Crippen LogP contribution is 2.47. The van der Waals surface area contributed by atoms with E-state index in [-0.39, 0.29) is 40.2 Å². The Labute approximate surface area is 251 Å². The molecule has 6 aromatic rings. The van der Waals surface area contributed by atoms with Crippen LogP contribution in [0.1, 0.15) is 32.6 Å². The van der Waals surface area contributed by atoms with Crippen molar-refractivity contribution in [3.8, 4) is 11.5 Å². The lowest BCUT2D eigenvalue weighted by Crippen LogP contribution is -2.56. The molecule has 0 bridgehead atoms. The van der Waals surface area contributed by atoms with E-state index < -0.39 is 49.1 Å². The minimum Gasteiger partial charge on any atom is -0.508 e. The van der Waals surface area contributed by atoms with Crippen LogP contribution in [0.15, 0.2) is 48.9 Å². The number of aromatic amines is 2. The molecular formula is C30H26N6O9. The van der Waals surface area contributed by atoms with Crippen molar-refractivity contribution in [3.63, 3.8) is 0 Å². The molecule has 0 spiro atoms. The predicted molar refractivity (Wildman–Crippen MR) is 157 cm³/mol. The number of phenols is 2. The highest BCUT2D eigenvalue weighted by Gasteiger charge is 2.47. The van der Waals surface area contributed by atoms with Gasteiger partial charge in [-0.15, -0.1) is 0 Å². The zero-order valence-corrected chi connectivity index (χ0v) is 23.2. The van der Waals surface area contributed by atoms with Gasteiger partial charge in [-0.05, 0) is 24.3 Å². The van der Waals surface area contributed by atoms with E-state index >= 15 is 0 Å². The van der Waals surface area contributed by atoms with Gasteiger partial charge in [0.1, 0.15) is 35.9 Å². The molecule has 1 saturated heterocycles. The summed E-state index contributed by atoms with van der Waals surface area (Å²) in [5, 5.41) is 65.7. The predicted octanol–water partition coefficient (Wildman–Crippen LogP) is 0.836. The molecule has 0 aliphatic carbocycles. The second-order valence-electron chi connectivity index (χ2n) is 11.2. The Morgan fingerprint density at radius 1 is 0.911 bits per heavy atom. The fraction of sp³-hybridized carbons (Fsp3) is 0.233. The summed E-state index contributed by atoms with van der Waals surface area (Å²) < 4.78 is 7.45. The molecule has 15 nitrogen and oxygen atoms in total. The van der Waals surface area contributed by atoms with Gasteiger partial charge in [0.15, 0.2) is 6.23 Å². The first-order chi connectivity index (χ1) is 21.7. The molecule has 230 valence electrons. The van der Waals surface area contributed by atoms with Gasteiger partial charge >= 0.3 is 0 Å². The van der Waals surface area contributed by atoms with Crippen LogP contribution in [0.4, 0.5) is 0 Å². The van der Waals surface area contributed by atoms with E-state index in [1.807, 2.05) is 0 Å². The molecule has 2 amide bonds. The maximum atomic E-state index is 14.2. The summed E-state index contributed by atoms with van der Waals surface area (Å²) in [4.78, 5) is 38.5. The highest BCUT2D eigenvalue weighted by atomic mass is 16.6. The molecule has 1 fully saturated rings. The van der Waals surface area contributed by atoms with Crippen molar-refractivity contribution in [1.29, 1.82) is 0 Å². The van der Waals surface area contributed by atoms with Crippen LogP contribution >= 0.6 is 0 Å².